The van der Waals surface area contributed by atoms with Gasteiger partial charge in [0.25, 0.3) is 0 Å². The van der Waals surface area contributed by atoms with E-state index in [4.69, 9.17) is 10.7 Å². The molecule has 0 saturated carbocycles. The Morgan fingerprint density at radius 2 is 2.14 bits per heavy atom. The Morgan fingerprint density at radius 3 is 2.81 bits per heavy atom. The smallest absolute Gasteiger partial charge is 0.110 e. The Hall–Kier alpha value is -1.81. The zero-order chi connectivity index (χ0) is 14.8. The topological polar surface area (TPSA) is 43.8 Å². The van der Waals surface area contributed by atoms with Crippen LogP contribution < -0.4 is 5.73 Å². The van der Waals surface area contributed by atoms with Crippen molar-refractivity contribution in [1.29, 1.82) is 0 Å². The maximum absolute atomic E-state index is 5.91. The Bertz CT molecular complexity index is 728. The van der Waals surface area contributed by atoms with Crippen molar-refractivity contribution in [2.24, 2.45) is 0 Å². The molecule has 0 radical (unpaired) electrons. The number of aryl methyl sites for hydroxylation is 1. The van der Waals surface area contributed by atoms with E-state index in [9.17, 15) is 0 Å². The van der Waals surface area contributed by atoms with Gasteiger partial charge in [-0.25, -0.2) is 4.98 Å². The summed E-state index contributed by atoms with van der Waals surface area (Å²) in [6.07, 6.45) is 3.21. The Morgan fingerprint density at radius 1 is 1.29 bits per heavy atom. The van der Waals surface area contributed by atoms with E-state index in [1.807, 2.05) is 23.5 Å². The summed E-state index contributed by atoms with van der Waals surface area (Å²) in [7, 11) is 0. The van der Waals surface area contributed by atoms with Crippen LogP contribution in [0, 0.1) is 0 Å². The second-order valence-electron chi connectivity index (χ2n) is 5.32. The molecule has 0 aliphatic rings. The summed E-state index contributed by atoms with van der Waals surface area (Å²) in [5.74, 6) is 1.14. The highest BCUT2D eigenvalue weighted by Gasteiger charge is 2.20. The quantitative estimate of drug-likeness (QED) is 0.698. The number of fused-ring (bicyclic) bond motifs is 1. The van der Waals surface area contributed by atoms with E-state index in [0.717, 1.165) is 36.3 Å². The van der Waals surface area contributed by atoms with Crippen molar-refractivity contribution < 1.29 is 0 Å². The Labute approximate surface area is 129 Å². The second-order valence-corrected chi connectivity index (χ2v) is 6.30. The SMILES string of the molecule is CCCC(c1cccs1)n1c(CC)nc2cc(N)ccc21. The van der Waals surface area contributed by atoms with Gasteiger partial charge in [-0.3, -0.25) is 0 Å². The molecule has 1 aromatic carbocycles. The average molecular weight is 299 g/mol. The molecule has 0 spiro atoms. The van der Waals surface area contributed by atoms with Gasteiger partial charge in [0.2, 0.25) is 0 Å². The molecule has 0 amide bonds. The summed E-state index contributed by atoms with van der Waals surface area (Å²) in [6, 6.07) is 10.8. The molecule has 0 bridgehead atoms. The third-order valence-corrected chi connectivity index (χ3v) is 4.82. The van der Waals surface area contributed by atoms with Crippen LogP contribution in [-0.2, 0) is 6.42 Å². The molecular weight excluding hydrogens is 278 g/mol. The van der Waals surface area contributed by atoms with Gasteiger partial charge >= 0.3 is 0 Å². The van der Waals surface area contributed by atoms with Crippen LogP contribution in [0.3, 0.4) is 0 Å². The van der Waals surface area contributed by atoms with Crippen LogP contribution in [0.1, 0.15) is 43.4 Å². The predicted molar refractivity (Wildman–Crippen MR) is 90.9 cm³/mol. The molecule has 1 unspecified atom stereocenters. The number of aromatic nitrogens is 2. The maximum atomic E-state index is 5.91. The first kappa shape index (κ1) is 14.1. The van der Waals surface area contributed by atoms with Crippen LogP contribution in [0.5, 0.6) is 0 Å². The number of hydrogen-bond donors (Lipinski definition) is 1. The number of rotatable bonds is 5. The summed E-state index contributed by atoms with van der Waals surface area (Å²) in [5.41, 5.74) is 8.87. The van der Waals surface area contributed by atoms with E-state index in [1.165, 1.54) is 10.4 Å². The normalized spacial score (nSPS) is 12.9. The Kier molecular flexibility index (Phi) is 3.97. The van der Waals surface area contributed by atoms with Crippen LogP contribution in [0.4, 0.5) is 5.69 Å². The summed E-state index contributed by atoms with van der Waals surface area (Å²) in [5, 5.41) is 2.15. The van der Waals surface area contributed by atoms with Crippen molar-refractivity contribution in [3.8, 4) is 0 Å². The molecule has 3 aromatic rings. The first-order chi connectivity index (χ1) is 10.2. The number of benzene rings is 1. The molecule has 0 aliphatic heterocycles. The monoisotopic (exact) mass is 299 g/mol. The molecule has 2 N–H and O–H groups in total. The lowest BCUT2D eigenvalue weighted by Crippen LogP contribution is -2.12. The summed E-state index contributed by atoms with van der Waals surface area (Å²) >= 11 is 1.83. The van der Waals surface area contributed by atoms with Gasteiger partial charge in [0, 0.05) is 17.0 Å². The van der Waals surface area contributed by atoms with Gasteiger partial charge in [-0.15, -0.1) is 11.3 Å². The van der Waals surface area contributed by atoms with Crippen LogP contribution in [0.25, 0.3) is 11.0 Å². The molecule has 4 heteroatoms. The second kappa shape index (κ2) is 5.90. The van der Waals surface area contributed by atoms with Gasteiger partial charge in [0.05, 0.1) is 17.1 Å². The Balaban J connectivity index is 2.20. The van der Waals surface area contributed by atoms with Gasteiger partial charge < -0.3 is 10.3 Å². The molecular formula is C17H21N3S. The van der Waals surface area contributed by atoms with Crippen molar-refractivity contribution in [2.75, 3.05) is 5.73 Å². The number of nitrogens with zero attached hydrogens (tertiary/aromatic N) is 2. The molecule has 0 aliphatic carbocycles. The number of thiophene rings is 1. The van der Waals surface area contributed by atoms with Gasteiger partial charge in [-0.2, -0.15) is 0 Å². The molecule has 2 aromatic heterocycles. The van der Waals surface area contributed by atoms with Gasteiger partial charge in [-0.1, -0.05) is 26.3 Å². The standard InChI is InChI=1S/C17H21N3S/c1-3-6-15(16-7-5-10-21-16)20-14-9-8-12(18)11-13(14)19-17(20)4-2/h5,7-11,15H,3-4,6,18H2,1-2H3. The average Bonchev–Trinajstić information content (AvgIpc) is 3.11. The van der Waals surface area contributed by atoms with Crippen molar-refractivity contribution in [3.63, 3.8) is 0 Å². The molecule has 2 heterocycles. The number of nitrogens with two attached hydrogens (primary N) is 1. The largest absolute Gasteiger partial charge is 0.399 e. The number of imidazole rings is 1. The molecule has 3 nitrogen and oxygen atoms in total. The fraction of sp³-hybridized carbons (Fsp3) is 0.353. The van der Waals surface area contributed by atoms with E-state index in [1.54, 1.807) is 0 Å². The number of nitrogen functional groups attached to an aromatic ring is 1. The van der Waals surface area contributed by atoms with E-state index >= 15 is 0 Å². The minimum Gasteiger partial charge on any atom is -0.399 e. The minimum absolute atomic E-state index is 0.374. The number of anilines is 1. The van der Waals surface area contributed by atoms with E-state index in [-0.39, 0.29) is 0 Å². The van der Waals surface area contributed by atoms with Crippen LogP contribution >= 0.6 is 11.3 Å². The van der Waals surface area contributed by atoms with Gasteiger partial charge in [0.1, 0.15) is 5.82 Å². The van der Waals surface area contributed by atoms with Crippen molar-refractivity contribution in [1.82, 2.24) is 9.55 Å². The minimum atomic E-state index is 0.374. The molecule has 3 rings (SSSR count). The molecule has 1 atom stereocenters. The lowest BCUT2D eigenvalue weighted by Gasteiger charge is -2.20. The van der Waals surface area contributed by atoms with Crippen LogP contribution in [0.15, 0.2) is 35.7 Å². The summed E-state index contributed by atoms with van der Waals surface area (Å²) < 4.78 is 2.41. The number of hydrogen-bond acceptors (Lipinski definition) is 3. The first-order valence-electron chi connectivity index (χ1n) is 7.54. The zero-order valence-corrected chi connectivity index (χ0v) is 13.4. The molecule has 21 heavy (non-hydrogen) atoms. The van der Waals surface area contributed by atoms with Crippen LogP contribution in [-0.4, -0.2) is 9.55 Å². The molecule has 0 saturated heterocycles. The fourth-order valence-corrected chi connectivity index (χ4v) is 3.77. The highest BCUT2D eigenvalue weighted by atomic mass is 32.1. The maximum Gasteiger partial charge on any atom is 0.110 e. The lowest BCUT2D eigenvalue weighted by molar-refractivity contribution is 0.535. The van der Waals surface area contributed by atoms with E-state index < -0.39 is 0 Å². The van der Waals surface area contributed by atoms with Crippen molar-refractivity contribution in [3.05, 3.63) is 46.4 Å². The van der Waals surface area contributed by atoms with Gasteiger partial charge in [0.15, 0.2) is 0 Å². The van der Waals surface area contributed by atoms with E-state index in [2.05, 4.69) is 42.0 Å². The third kappa shape index (κ3) is 2.56. The van der Waals surface area contributed by atoms with Crippen molar-refractivity contribution >= 4 is 28.1 Å². The van der Waals surface area contributed by atoms with Crippen LogP contribution in [0.2, 0.25) is 0 Å². The van der Waals surface area contributed by atoms with Gasteiger partial charge in [-0.05, 0) is 36.1 Å². The third-order valence-electron chi connectivity index (χ3n) is 3.85. The summed E-state index contributed by atoms with van der Waals surface area (Å²) in [6.45, 7) is 4.40. The lowest BCUT2D eigenvalue weighted by atomic mass is 10.1. The summed E-state index contributed by atoms with van der Waals surface area (Å²) in [4.78, 5) is 6.20. The van der Waals surface area contributed by atoms with E-state index in [0.29, 0.717) is 6.04 Å². The molecule has 0 fully saturated rings. The molecule has 110 valence electrons. The highest BCUT2D eigenvalue weighted by Crippen LogP contribution is 2.33. The zero-order valence-electron chi connectivity index (χ0n) is 12.5. The van der Waals surface area contributed by atoms with Crippen molar-refractivity contribution in [2.45, 2.75) is 39.2 Å². The first-order valence-corrected chi connectivity index (χ1v) is 8.42. The fourth-order valence-electron chi connectivity index (χ4n) is 2.92. The predicted octanol–water partition coefficient (Wildman–Crippen LogP) is 4.63. The highest BCUT2D eigenvalue weighted by molar-refractivity contribution is 7.10.